The van der Waals surface area contributed by atoms with E-state index in [0.29, 0.717) is 5.78 Å². The molecule has 2 heteroatoms. The van der Waals surface area contributed by atoms with E-state index in [-0.39, 0.29) is 12.0 Å². The van der Waals surface area contributed by atoms with Crippen molar-refractivity contribution in [2.75, 3.05) is 7.11 Å². The molecule has 3 unspecified atom stereocenters. The number of hydrogen-bond acceptors (Lipinski definition) is 2. The zero-order valence-electron chi connectivity index (χ0n) is 9.58. The van der Waals surface area contributed by atoms with E-state index < -0.39 is 0 Å². The minimum absolute atomic E-state index is 0.212. The van der Waals surface area contributed by atoms with Crippen LogP contribution in [0.25, 0.3) is 0 Å². The van der Waals surface area contributed by atoms with Gasteiger partial charge in [-0.3, -0.25) is 4.79 Å². The molecule has 1 rings (SSSR count). The van der Waals surface area contributed by atoms with Crippen LogP contribution in [0.1, 0.15) is 46.0 Å². The molecular weight excluding hydrogens is 176 g/mol. The molecule has 1 fully saturated rings. The van der Waals surface area contributed by atoms with Gasteiger partial charge in [0.2, 0.25) is 0 Å². The fraction of sp³-hybridized carbons (Fsp3) is 0.917. The molecule has 0 aromatic rings. The van der Waals surface area contributed by atoms with Gasteiger partial charge < -0.3 is 4.74 Å². The molecule has 82 valence electrons. The SMILES string of the molecule is CCC1CCCC(C(=O)C(C)OC)C1. The number of Topliss-reactive ketones (excluding diaryl/α,β-unsaturated/α-hetero) is 1. The van der Waals surface area contributed by atoms with Gasteiger partial charge >= 0.3 is 0 Å². The smallest absolute Gasteiger partial charge is 0.164 e. The number of ether oxygens (including phenoxy) is 1. The van der Waals surface area contributed by atoms with Crippen LogP contribution in [0.5, 0.6) is 0 Å². The number of rotatable bonds is 4. The van der Waals surface area contributed by atoms with Crippen LogP contribution in [0.2, 0.25) is 0 Å². The molecule has 0 radical (unpaired) electrons. The number of methoxy groups -OCH3 is 1. The van der Waals surface area contributed by atoms with Gasteiger partial charge in [0.15, 0.2) is 5.78 Å². The lowest BCUT2D eigenvalue weighted by Crippen LogP contribution is -2.31. The van der Waals surface area contributed by atoms with Gasteiger partial charge in [-0.05, 0) is 25.7 Å². The highest BCUT2D eigenvalue weighted by molar-refractivity contribution is 5.85. The van der Waals surface area contributed by atoms with Gasteiger partial charge in [-0.2, -0.15) is 0 Å². The van der Waals surface area contributed by atoms with Gasteiger partial charge in [-0.25, -0.2) is 0 Å². The van der Waals surface area contributed by atoms with Crippen molar-refractivity contribution in [1.82, 2.24) is 0 Å². The molecule has 0 aromatic carbocycles. The second kappa shape index (κ2) is 5.50. The standard InChI is InChI=1S/C12H22O2/c1-4-10-6-5-7-11(8-10)12(13)9(2)14-3/h9-11H,4-8H2,1-3H3. The Hall–Kier alpha value is -0.370. The van der Waals surface area contributed by atoms with E-state index >= 15 is 0 Å². The van der Waals surface area contributed by atoms with Crippen molar-refractivity contribution < 1.29 is 9.53 Å². The predicted molar refractivity (Wildman–Crippen MR) is 57.2 cm³/mol. The van der Waals surface area contributed by atoms with E-state index in [9.17, 15) is 4.79 Å². The largest absolute Gasteiger partial charge is 0.374 e. The fourth-order valence-corrected chi connectivity index (χ4v) is 2.37. The monoisotopic (exact) mass is 198 g/mol. The third kappa shape index (κ3) is 2.81. The van der Waals surface area contributed by atoms with Crippen LogP contribution in [0.3, 0.4) is 0 Å². The molecular formula is C12H22O2. The summed E-state index contributed by atoms with van der Waals surface area (Å²) in [5, 5.41) is 0. The van der Waals surface area contributed by atoms with Crippen LogP contribution < -0.4 is 0 Å². The van der Waals surface area contributed by atoms with Crippen molar-refractivity contribution in [2.24, 2.45) is 11.8 Å². The highest BCUT2D eigenvalue weighted by Crippen LogP contribution is 2.32. The number of carbonyl (C=O) groups is 1. The van der Waals surface area contributed by atoms with E-state index in [1.807, 2.05) is 6.92 Å². The van der Waals surface area contributed by atoms with E-state index in [0.717, 1.165) is 18.8 Å². The molecule has 0 heterocycles. The molecule has 1 aliphatic rings. The Morgan fingerprint density at radius 1 is 1.50 bits per heavy atom. The van der Waals surface area contributed by atoms with Crippen LogP contribution in [-0.4, -0.2) is 19.0 Å². The Labute approximate surface area is 87.0 Å². The lowest BCUT2D eigenvalue weighted by atomic mass is 9.77. The minimum atomic E-state index is -0.212. The maximum absolute atomic E-state index is 11.9. The third-order valence-corrected chi connectivity index (χ3v) is 3.52. The second-order valence-electron chi connectivity index (χ2n) is 4.42. The van der Waals surface area contributed by atoms with Gasteiger partial charge in [-0.1, -0.05) is 26.2 Å². The molecule has 0 spiro atoms. The Morgan fingerprint density at radius 3 is 2.79 bits per heavy atom. The highest BCUT2D eigenvalue weighted by atomic mass is 16.5. The molecule has 3 atom stereocenters. The molecule has 0 saturated heterocycles. The van der Waals surface area contributed by atoms with Gasteiger partial charge in [0.1, 0.15) is 6.10 Å². The summed E-state index contributed by atoms with van der Waals surface area (Å²) in [5.41, 5.74) is 0. The number of hydrogen-bond donors (Lipinski definition) is 0. The van der Waals surface area contributed by atoms with E-state index in [1.54, 1.807) is 7.11 Å². The quantitative estimate of drug-likeness (QED) is 0.694. The van der Waals surface area contributed by atoms with E-state index in [4.69, 9.17) is 4.74 Å². The summed E-state index contributed by atoms with van der Waals surface area (Å²) < 4.78 is 5.08. The maximum atomic E-state index is 11.9. The molecule has 1 aliphatic carbocycles. The topological polar surface area (TPSA) is 26.3 Å². The van der Waals surface area contributed by atoms with Gasteiger partial charge in [-0.15, -0.1) is 0 Å². The van der Waals surface area contributed by atoms with Crippen molar-refractivity contribution in [2.45, 2.75) is 52.1 Å². The Balaban J connectivity index is 2.47. The van der Waals surface area contributed by atoms with E-state index in [2.05, 4.69) is 6.92 Å². The molecule has 0 aliphatic heterocycles. The summed E-state index contributed by atoms with van der Waals surface area (Å²) in [6.07, 6.45) is 5.68. The van der Waals surface area contributed by atoms with Crippen LogP contribution in [0.4, 0.5) is 0 Å². The highest BCUT2D eigenvalue weighted by Gasteiger charge is 2.28. The summed E-state index contributed by atoms with van der Waals surface area (Å²) in [6, 6.07) is 0. The molecule has 2 nitrogen and oxygen atoms in total. The average Bonchev–Trinajstić information content (AvgIpc) is 2.27. The van der Waals surface area contributed by atoms with Crippen molar-refractivity contribution in [1.29, 1.82) is 0 Å². The molecule has 0 N–H and O–H groups in total. The van der Waals surface area contributed by atoms with Crippen molar-refractivity contribution in [3.8, 4) is 0 Å². The second-order valence-corrected chi connectivity index (χ2v) is 4.42. The zero-order valence-corrected chi connectivity index (χ0v) is 9.58. The average molecular weight is 198 g/mol. The molecule has 0 bridgehead atoms. The normalized spacial score (nSPS) is 29.9. The summed E-state index contributed by atoms with van der Waals surface area (Å²) in [6.45, 7) is 4.08. The van der Waals surface area contributed by atoms with Crippen molar-refractivity contribution in [3.05, 3.63) is 0 Å². The zero-order chi connectivity index (χ0) is 10.6. The van der Waals surface area contributed by atoms with Gasteiger partial charge in [0, 0.05) is 13.0 Å². The molecule has 14 heavy (non-hydrogen) atoms. The lowest BCUT2D eigenvalue weighted by Gasteiger charge is -2.28. The maximum Gasteiger partial charge on any atom is 0.164 e. The molecule has 0 amide bonds. The first-order chi connectivity index (χ1) is 6.69. The summed E-state index contributed by atoms with van der Waals surface area (Å²) in [7, 11) is 1.61. The van der Waals surface area contributed by atoms with Gasteiger partial charge in [0.05, 0.1) is 0 Å². The van der Waals surface area contributed by atoms with Crippen molar-refractivity contribution in [3.63, 3.8) is 0 Å². The molecule has 1 saturated carbocycles. The fourth-order valence-electron chi connectivity index (χ4n) is 2.37. The Bertz CT molecular complexity index is 189. The first-order valence-corrected chi connectivity index (χ1v) is 5.75. The van der Waals surface area contributed by atoms with E-state index in [1.165, 1.54) is 19.3 Å². The Morgan fingerprint density at radius 2 is 2.21 bits per heavy atom. The van der Waals surface area contributed by atoms with Crippen LogP contribution in [0.15, 0.2) is 0 Å². The Kier molecular flexibility index (Phi) is 4.59. The first kappa shape index (κ1) is 11.7. The summed E-state index contributed by atoms with van der Waals surface area (Å²) in [4.78, 5) is 11.9. The van der Waals surface area contributed by atoms with Crippen LogP contribution >= 0.6 is 0 Å². The van der Waals surface area contributed by atoms with Crippen molar-refractivity contribution >= 4 is 5.78 Å². The predicted octanol–water partition coefficient (Wildman–Crippen LogP) is 2.81. The molecule has 0 aromatic heterocycles. The third-order valence-electron chi connectivity index (χ3n) is 3.52. The minimum Gasteiger partial charge on any atom is -0.374 e. The van der Waals surface area contributed by atoms with Gasteiger partial charge in [0.25, 0.3) is 0 Å². The van der Waals surface area contributed by atoms with Crippen LogP contribution in [0, 0.1) is 11.8 Å². The summed E-state index contributed by atoms with van der Waals surface area (Å²) in [5.74, 6) is 1.34. The first-order valence-electron chi connectivity index (χ1n) is 5.75. The van der Waals surface area contributed by atoms with Crippen LogP contribution in [-0.2, 0) is 9.53 Å². The lowest BCUT2D eigenvalue weighted by molar-refractivity contribution is -0.133. The summed E-state index contributed by atoms with van der Waals surface area (Å²) >= 11 is 0. The number of ketones is 1. The number of carbonyl (C=O) groups excluding carboxylic acids is 1.